The van der Waals surface area contributed by atoms with Gasteiger partial charge >= 0.3 is 12.1 Å². The average Bonchev–Trinajstić information content (AvgIpc) is 3.03. The lowest BCUT2D eigenvalue weighted by molar-refractivity contribution is -0.137. The highest BCUT2D eigenvalue weighted by Gasteiger charge is 2.29. The Hall–Kier alpha value is -2.90. The summed E-state index contributed by atoms with van der Waals surface area (Å²) in [5, 5.41) is 11.6. The van der Waals surface area contributed by atoms with Gasteiger partial charge in [-0.25, -0.2) is 4.79 Å². The molecule has 0 saturated heterocycles. The van der Waals surface area contributed by atoms with Crippen LogP contribution in [0.25, 0.3) is 11.1 Å². The van der Waals surface area contributed by atoms with Crippen molar-refractivity contribution in [3.8, 4) is 11.1 Å². The number of hydrogen-bond acceptors (Lipinski definition) is 5. The zero-order valence-electron chi connectivity index (χ0n) is 16.3. The molecule has 154 valence electrons. The van der Waals surface area contributed by atoms with Gasteiger partial charge in [0.1, 0.15) is 6.61 Å². The van der Waals surface area contributed by atoms with Crippen LogP contribution in [0.3, 0.4) is 0 Å². The molecular weight excluding hydrogens is 374 g/mol. The van der Waals surface area contributed by atoms with Gasteiger partial charge in [-0.3, -0.25) is 4.79 Å². The first-order valence-electron chi connectivity index (χ1n) is 9.50. The van der Waals surface area contributed by atoms with Crippen LogP contribution < -0.4 is 5.32 Å². The molecule has 1 aliphatic rings. The summed E-state index contributed by atoms with van der Waals surface area (Å²) in [6.07, 6.45) is -0.912. The number of fused-ring (bicyclic) bond motifs is 3. The second-order valence-corrected chi connectivity index (χ2v) is 6.83. The lowest BCUT2D eigenvalue weighted by Crippen LogP contribution is -2.40. The van der Waals surface area contributed by atoms with Crippen LogP contribution in [0.4, 0.5) is 4.79 Å². The summed E-state index contributed by atoms with van der Waals surface area (Å²) in [5.41, 5.74) is 4.53. The third-order valence-electron chi connectivity index (χ3n) is 4.84. The molecule has 2 aromatic carbocycles. The van der Waals surface area contributed by atoms with E-state index < -0.39 is 18.1 Å². The van der Waals surface area contributed by atoms with Gasteiger partial charge in [-0.1, -0.05) is 48.5 Å². The number of carboxylic acids is 1. The number of carbonyl (C=O) groups excluding carboxylic acids is 1. The smallest absolute Gasteiger partial charge is 0.407 e. The Kier molecular flexibility index (Phi) is 7.21. The maximum absolute atomic E-state index is 12.3. The first kappa shape index (κ1) is 20.8. The van der Waals surface area contributed by atoms with Crippen molar-refractivity contribution in [2.45, 2.75) is 18.4 Å². The van der Waals surface area contributed by atoms with Crippen molar-refractivity contribution in [1.82, 2.24) is 5.32 Å². The van der Waals surface area contributed by atoms with Gasteiger partial charge in [0.2, 0.25) is 0 Å². The van der Waals surface area contributed by atoms with Crippen LogP contribution in [0.2, 0.25) is 0 Å². The monoisotopic (exact) mass is 399 g/mol. The van der Waals surface area contributed by atoms with Gasteiger partial charge in [-0.15, -0.1) is 0 Å². The molecule has 7 nitrogen and oxygen atoms in total. The van der Waals surface area contributed by atoms with E-state index in [4.69, 9.17) is 19.3 Å². The summed E-state index contributed by atoms with van der Waals surface area (Å²) >= 11 is 0. The van der Waals surface area contributed by atoms with Crippen LogP contribution >= 0.6 is 0 Å². The van der Waals surface area contributed by atoms with Gasteiger partial charge < -0.3 is 24.6 Å². The van der Waals surface area contributed by atoms with Crippen LogP contribution in [-0.2, 0) is 19.0 Å². The molecule has 1 atom stereocenters. The number of benzene rings is 2. The number of methoxy groups -OCH3 is 1. The SMILES string of the molecule is COCCOC[C@H](CC(=O)O)NC(=O)OCC1c2ccccc2-c2ccccc21. The van der Waals surface area contributed by atoms with Crippen LogP contribution in [-0.4, -0.2) is 56.7 Å². The first-order chi connectivity index (χ1) is 14.1. The Balaban J connectivity index is 1.60. The highest BCUT2D eigenvalue weighted by atomic mass is 16.6. The van der Waals surface area contributed by atoms with Crippen LogP contribution in [0, 0.1) is 0 Å². The molecule has 0 aromatic heterocycles. The van der Waals surface area contributed by atoms with E-state index in [9.17, 15) is 9.59 Å². The summed E-state index contributed by atoms with van der Waals surface area (Å²) in [6, 6.07) is 15.5. The van der Waals surface area contributed by atoms with Crippen LogP contribution in [0.5, 0.6) is 0 Å². The largest absolute Gasteiger partial charge is 0.481 e. The van der Waals surface area contributed by atoms with E-state index in [1.807, 2.05) is 36.4 Å². The molecule has 0 bridgehead atoms. The summed E-state index contributed by atoms with van der Waals surface area (Å²) in [5.74, 6) is -1.08. The minimum absolute atomic E-state index is 0.0518. The van der Waals surface area contributed by atoms with Crippen molar-refractivity contribution in [3.63, 3.8) is 0 Å². The molecule has 3 rings (SSSR count). The molecule has 0 spiro atoms. The topological polar surface area (TPSA) is 94.1 Å². The molecular formula is C22H25NO6. The third-order valence-corrected chi connectivity index (χ3v) is 4.84. The molecule has 0 radical (unpaired) electrons. The lowest BCUT2D eigenvalue weighted by Gasteiger charge is -2.19. The zero-order valence-corrected chi connectivity index (χ0v) is 16.3. The quantitative estimate of drug-likeness (QED) is 0.597. The van der Waals surface area contributed by atoms with Gasteiger partial charge in [-0.05, 0) is 22.3 Å². The predicted molar refractivity (Wildman–Crippen MR) is 107 cm³/mol. The number of ether oxygens (including phenoxy) is 3. The number of nitrogens with one attached hydrogen (secondary N) is 1. The maximum Gasteiger partial charge on any atom is 0.407 e. The van der Waals surface area contributed by atoms with Crippen molar-refractivity contribution < 1.29 is 28.9 Å². The summed E-state index contributed by atoms with van der Waals surface area (Å²) in [4.78, 5) is 23.3. The fourth-order valence-corrected chi connectivity index (χ4v) is 3.54. The first-order valence-corrected chi connectivity index (χ1v) is 9.50. The van der Waals surface area contributed by atoms with E-state index in [0.29, 0.717) is 13.2 Å². The minimum atomic E-state index is -1.02. The molecule has 2 N–H and O–H groups in total. The van der Waals surface area contributed by atoms with Gasteiger partial charge in [-0.2, -0.15) is 0 Å². The van der Waals surface area contributed by atoms with Crippen molar-refractivity contribution in [2.24, 2.45) is 0 Å². The number of alkyl carbamates (subject to hydrolysis) is 1. The lowest BCUT2D eigenvalue weighted by atomic mass is 9.98. The third kappa shape index (κ3) is 5.34. The van der Waals surface area contributed by atoms with E-state index in [1.54, 1.807) is 7.11 Å². The summed E-state index contributed by atoms with van der Waals surface area (Å²) in [6.45, 7) is 0.952. The number of carboxylic acid groups (broad SMARTS) is 1. The standard InChI is InChI=1S/C22H25NO6/c1-27-10-11-28-13-15(12-21(24)25)23-22(26)29-14-20-18-8-4-2-6-16(18)17-7-3-5-9-19(17)20/h2-9,15,20H,10-14H2,1H3,(H,23,26)(H,24,25)/t15-/m0/s1. The van der Waals surface area contributed by atoms with Crippen molar-refractivity contribution in [2.75, 3.05) is 33.5 Å². The predicted octanol–water partition coefficient (Wildman–Crippen LogP) is 3.03. The molecule has 0 fully saturated rings. The van der Waals surface area contributed by atoms with Crippen LogP contribution in [0.15, 0.2) is 48.5 Å². The number of amides is 1. The fourth-order valence-electron chi connectivity index (χ4n) is 3.54. The molecule has 0 unspecified atom stereocenters. The molecule has 0 saturated carbocycles. The Morgan fingerprint density at radius 3 is 2.24 bits per heavy atom. The van der Waals surface area contributed by atoms with Gasteiger partial charge in [0.05, 0.1) is 32.3 Å². The average molecular weight is 399 g/mol. The Morgan fingerprint density at radius 2 is 1.66 bits per heavy atom. The maximum atomic E-state index is 12.3. The minimum Gasteiger partial charge on any atom is -0.481 e. The molecule has 29 heavy (non-hydrogen) atoms. The van der Waals surface area contributed by atoms with E-state index in [1.165, 1.54) is 0 Å². The molecule has 1 aliphatic carbocycles. The Morgan fingerprint density at radius 1 is 1.03 bits per heavy atom. The van der Waals surface area contributed by atoms with E-state index in [0.717, 1.165) is 22.3 Å². The second kappa shape index (κ2) is 10.0. The van der Waals surface area contributed by atoms with E-state index in [2.05, 4.69) is 17.4 Å². The fraction of sp³-hybridized carbons (Fsp3) is 0.364. The Labute approximate surface area is 169 Å². The van der Waals surface area contributed by atoms with Crippen molar-refractivity contribution in [3.05, 3.63) is 59.7 Å². The zero-order chi connectivity index (χ0) is 20.6. The Bertz CT molecular complexity index is 807. The van der Waals surface area contributed by atoms with E-state index >= 15 is 0 Å². The van der Waals surface area contributed by atoms with Gasteiger partial charge in [0, 0.05) is 13.0 Å². The highest BCUT2D eigenvalue weighted by molar-refractivity contribution is 5.79. The van der Waals surface area contributed by atoms with Crippen LogP contribution in [0.1, 0.15) is 23.5 Å². The molecule has 7 heteroatoms. The van der Waals surface area contributed by atoms with E-state index in [-0.39, 0.29) is 25.6 Å². The van der Waals surface area contributed by atoms with Gasteiger partial charge in [0.15, 0.2) is 0 Å². The molecule has 0 heterocycles. The summed E-state index contributed by atoms with van der Waals surface area (Å²) < 4.78 is 15.7. The van der Waals surface area contributed by atoms with Crippen molar-refractivity contribution >= 4 is 12.1 Å². The van der Waals surface area contributed by atoms with Gasteiger partial charge in [0.25, 0.3) is 0 Å². The number of rotatable bonds is 10. The second-order valence-electron chi connectivity index (χ2n) is 6.83. The molecule has 0 aliphatic heterocycles. The van der Waals surface area contributed by atoms with Crippen molar-refractivity contribution in [1.29, 1.82) is 0 Å². The summed E-state index contributed by atoms with van der Waals surface area (Å²) in [7, 11) is 1.55. The number of hydrogen-bond donors (Lipinski definition) is 2. The normalized spacial score (nSPS) is 13.4. The number of aliphatic carboxylic acids is 1. The highest BCUT2D eigenvalue weighted by Crippen LogP contribution is 2.44. The number of carbonyl (C=O) groups is 2. The molecule has 1 amide bonds. The molecule has 2 aromatic rings.